The molecule has 0 aromatic heterocycles. The van der Waals surface area contributed by atoms with Gasteiger partial charge in [0, 0.05) is 0 Å². The summed E-state index contributed by atoms with van der Waals surface area (Å²) in [7, 11) is 0. The van der Waals surface area contributed by atoms with Crippen LogP contribution in [-0.2, 0) is 6.42 Å². The Morgan fingerprint density at radius 3 is 0.500 bits per heavy atom. The van der Waals surface area contributed by atoms with Crippen molar-refractivity contribution in [2.45, 2.75) is 464 Å². The SMILES string of the molecule is CCCCCCCCCCCCCCCCCCCCCCCCOc1cc(CCC)cc(OCCCCCCCCCCCCCCCCCCCCCCCC)c1OCCCCCCCCCCCCCCCCCCCCCCCC. The van der Waals surface area contributed by atoms with Gasteiger partial charge in [-0.2, -0.15) is 0 Å². The quantitative estimate of drug-likeness (QED) is 0.0609. The third-order valence-corrected chi connectivity index (χ3v) is 18.9. The molecular weight excluding hydrogens is 1020 g/mol. The predicted octanol–water partition coefficient (Wildman–Crippen LogP) is 29.6. The molecule has 0 saturated heterocycles. The van der Waals surface area contributed by atoms with Crippen LogP contribution >= 0.6 is 0 Å². The largest absolute Gasteiger partial charge is 0.490 e. The van der Waals surface area contributed by atoms with Gasteiger partial charge in [0.05, 0.1) is 19.8 Å². The van der Waals surface area contributed by atoms with Crippen LogP contribution < -0.4 is 14.2 Å². The first-order valence-electron chi connectivity index (χ1n) is 39.8. The summed E-state index contributed by atoms with van der Waals surface area (Å²) in [4.78, 5) is 0. The van der Waals surface area contributed by atoms with Crippen molar-refractivity contribution in [1.29, 1.82) is 0 Å². The van der Waals surface area contributed by atoms with Crippen molar-refractivity contribution in [1.82, 2.24) is 0 Å². The van der Waals surface area contributed by atoms with Crippen LogP contribution in [0.2, 0.25) is 0 Å². The Balaban J connectivity index is 2.37. The van der Waals surface area contributed by atoms with Gasteiger partial charge in [-0.15, -0.1) is 0 Å². The van der Waals surface area contributed by atoms with Crippen molar-refractivity contribution in [3.05, 3.63) is 17.7 Å². The van der Waals surface area contributed by atoms with E-state index in [0.29, 0.717) is 0 Å². The molecule has 498 valence electrons. The molecule has 0 aliphatic rings. The molecule has 3 nitrogen and oxygen atoms in total. The summed E-state index contributed by atoms with van der Waals surface area (Å²) < 4.78 is 20.0. The van der Waals surface area contributed by atoms with Gasteiger partial charge >= 0.3 is 0 Å². The monoisotopic (exact) mass is 1180 g/mol. The number of aryl methyl sites for hydroxylation is 1. The minimum Gasteiger partial charge on any atom is -0.490 e. The Kier molecular flexibility index (Phi) is 67.9. The van der Waals surface area contributed by atoms with Crippen LogP contribution in [0.5, 0.6) is 17.2 Å². The molecule has 1 aromatic carbocycles. The van der Waals surface area contributed by atoms with Gasteiger partial charge in [0.15, 0.2) is 11.5 Å². The summed E-state index contributed by atoms with van der Waals surface area (Å²) >= 11 is 0. The normalized spacial score (nSPS) is 11.6. The van der Waals surface area contributed by atoms with Gasteiger partial charge < -0.3 is 14.2 Å². The lowest BCUT2D eigenvalue weighted by Crippen LogP contribution is -2.07. The smallest absolute Gasteiger partial charge is 0.203 e. The first-order valence-corrected chi connectivity index (χ1v) is 39.8. The molecule has 0 N–H and O–H groups in total. The zero-order chi connectivity index (χ0) is 60.0. The average molecular weight is 1180 g/mol. The van der Waals surface area contributed by atoms with Crippen molar-refractivity contribution in [3.63, 3.8) is 0 Å². The molecule has 0 aliphatic heterocycles. The molecule has 1 aromatic rings. The summed E-state index contributed by atoms with van der Waals surface area (Å²) in [6.45, 7) is 11.5. The van der Waals surface area contributed by atoms with Gasteiger partial charge in [-0.05, 0) is 43.4 Å². The van der Waals surface area contributed by atoms with E-state index in [4.69, 9.17) is 14.2 Å². The number of rotatable bonds is 74. The maximum Gasteiger partial charge on any atom is 0.203 e. The highest BCUT2D eigenvalue weighted by molar-refractivity contribution is 5.54. The summed E-state index contributed by atoms with van der Waals surface area (Å²) in [5.74, 6) is 2.72. The molecule has 1 rings (SSSR count). The molecule has 0 unspecified atom stereocenters. The van der Waals surface area contributed by atoms with Crippen LogP contribution in [0, 0.1) is 0 Å². The maximum atomic E-state index is 6.70. The highest BCUT2D eigenvalue weighted by Gasteiger charge is 2.16. The van der Waals surface area contributed by atoms with Gasteiger partial charge in [-0.3, -0.25) is 0 Å². The molecule has 0 heterocycles. The minimum atomic E-state index is 0.748. The number of ether oxygens (including phenoxy) is 3. The molecule has 0 saturated carbocycles. The van der Waals surface area contributed by atoms with Crippen molar-refractivity contribution in [2.24, 2.45) is 0 Å². The molecule has 0 aliphatic carbocycles. The van der Waals surface area contributed by atoms with E-state index in [1.54, 1.807) is 0 Å². The van der Waals surface area contributed by atoms with Gasteiger partial charge in [-0.25, -0.2) is 0 Å². The Labute approximate surface area is 530 Å². The zero-order valence-corrected chi connectivity index (χ0v) is 58.6. The van der Waals surface area contributed by atoms with Crippen LogP contribution in [0.25, 0.3) is 0 Å². The van der Waals surface area contributed by atoms with E-state index in [1.807, 2.05) is 0 Å². The molecule has 3 heteroatoms. The third kappa shape index (κ3) is 59.6. The van der Waals surface area contributed by atoms with E-state index < -0.39 is 0 Å². The number of hydrogen-bond acceptors (Lipinski definition) is 3. The predicted molar refractivity (Wildman–Crippen MR) is 379 cm³/mol. The average Bonchev–Trinajstić information content (AvgIpc) is 3.57. The highest BCUT2D eigenvalue weighted by Crippen LogP contribution is 2.40. The van der Waals surface area contributed by atoms with Gasteiger partial charge in [0.1, 0.15) is 0 Å². The van der Waals surface area contributed by atoms with E-state index in [9.17, 15) is 0 Å². The van der Waals surface area contributed by atoms with E-state index in [1.165, 1.54) is 410 Å². The fraction of sp³-hybridized carbons (Fsp3) is 0.926. The number of unbranched alkanes of at least 4 members (excludes halogenated alkanes) is 63. The summed E-state index contributed by atoms with van der Waals surface area (Å²) in [6, 6.07) is 4.56. The third-order valence-electron chi connectivity index (χ3n) is 18.9. The molecule has 0 amide bonds. The Morgan fingerprint density at radius 1 is 0.179 bits per heavy atom. The van der Waals surface area contributed by atoms with Crippen molar-refractivity contribution in [3.8, 4) is 17.2 Å². The first kappa shape index (κ1) is 80.6. The van der Waals surface area contributed by atoms with Crippen LogP contribution in [-0.4, -0.2) is 19.8 Å². The topological polar surface area (TPSA) is 27.7 Å². The minimum absolute atomic E-state index is 0.748. The summed E-state index contributed by atoms with van der Waals surface area (Å²) in [6.07, 6.45) is 95.5. The van der Waals surface area contributed by atoms with Gasteiger partial charge in [0.25, 0.3) is 0 Å². The molecule has 0 atom stereocenters. The van der Waals surface area contributed by atoms with Crippen LogP contribution in [0.4, 0.5) is 0 Å². The molecule has 0 radical (unpaired) electrons. The number of hydrogen-bond donors (Lipinski definition) is 0. The molecule has 0 bridgehead atoms. The fourth-order valence-corrected chi connectivity index (χ4v) is 13.1. The van der Waals surface area contributed by atoms with E-state index in [0.717, 1.165) is 69.2 Å². The zero-order valence-electron chi connectivity index (χ0n) is 58.6. The lowest BCUT2D eigenvalue weighted by Gasteiger charge is -2.19. The summed E-state index contributed by atoms with van der Waals surface area (Å²) in [5, 5.41) is 0. The Hall–Kier alpha value is -1.38. The lowest BCUT2D eigenvalue weighted by atomic mass is 10.0. The first-order chi connectivity index (χ1) is 41.8. The van der Waals surface area contributed by atoms with E-state index in [-0.39, 0.29) is 0 Å². The van der Waals surface area contributed by atoms with Gasteiger partial charge in [-0.1, -0.05) is 439 Å². The fourth-order valence-electron chi connectivity index (χ4n) is 13.1. The van der Waals surface area contributed by atoms with Crippen LogP contribution in [0.15, 0.2) is 12.1 Å². The molecular formula is C81H156O3. The second-order valence-electron chi connectivity index (χ2n) is 27.5. The lowest BCUT2D eigenvalue weighted by molar-refractivity contribution is 0.234. The summed E-state index contributed by atoms with van der Waals surface area (Å²) in [5.41, 5.74) is 1.32. The molecule has 0 spiro atoms. The van der Waals surface area contributed by atoms with Crippen LogP contribution in [0.3, 0.4) is 0 Å². The highest BCUT2D eigenvalue weighted by atomic mass is 16.5. The second-order valence-corrected chi connectivity index (χ2v) is 27.5. The van der Waals surface area contributed by atoms with Crippen molar-refractivity contribution < 1.29 is 14.2 Å². The Morgan fingerprint density at radius 2 is 0.333 bits per heavy atom. The van der Waals surface area contributed by atoms with E-state index >= 15 is 0 Å². The number of benzene rings is 1. The van der Waals surface area contributed by atoms with Crippen LogP contribution in [0.1, 0.15) is 463 Å². The van der Waals surface area contributed by atoms with Crippen molar-refractivity contribution >= 4 is 0 Å². The molecule has 0 fully saturated rings. The van der Waals surface area contributed by atoms with Crippen molar-refractivity contribution in [2.75, 3.05) is 19.8 Å². The second kappa shape index (κ2) is 70.7. The van der Waals surface area contributed by atoms with Gasteiger partial charge in [0.2, 0.25) is 5.75 Å². The van der Waals surface area contributed by atoms with E-state index in [2.05, 4.69) is 39.8 Å². The maximum absolute atomic E-state index is 6.70. The Bertz CT molecular complexity index is 1280. The molecule has 84 heavy (non-hydrogen) atoms. The standard InChI is InChI=1S/C81H156O3/c1-5-9-12-15-18-21-24-27-30-33-36-39-42-45-48-51-54-57-60-63-66-69-73-82-79-76-78(72-8-4)77-80(83-74-70-67-64-61-58-55-52-49-46-43-40-37-34-31-28-25-22-19-16-13-10-6-2)81(79)84-75-71-68-65-62-59-56-53-50-47-44-41-38-35-32-29-26-23-20-17-14-11-7-3/h76-77H,5-75H2,1-4H3.